The topological polar surface area (TPSA) is 61.9 Å². The van der Waals surface area contributed by atoms with E-state index in [2.05, 4.69) is 12.2 Å². The number of carbonyl (C=O) groups excluding carboxylic acids is 2. The first-order valence-corrected chi connectivity index (χ1v) is 6.90. The minimum atomic E-state index is -0.172. The molecule has 2 saturated heterocycles. The van der Waals surface area contributed by atoms with E-state index in [-0.39, 0.29) is 17.7 Å². The summed E-state index contributed by atoms with van der Waals surface area (Å²) in [7, 11) is 1.62. The predicted molar refractivity (Wildman–Crippen MR) is 70.6 cm³/mol. The van der Waals surface area contributed by atoms with Crippen LogP contribution in [-0.4, -0.2) is 74.1 Å². The molecule has 2 aliphatic rings. The first kappa shape index (κ1) is 14.3. The van der Waals surface area contributed by atoms with Crippen molar-refractivity contribution in [2.24, 2.45) is 5.92 Å². The van der Waals surface area contributed by atoms with E-state index in [9.17, 15) is 9.59 Å². The minimum absolute atomic E-state index is 0.0681. The third-order valence-electron chi connectivity index (χ3n) is 3.81. The van der Waals surface area contributed by atoms with Gasteiger partial charge in [0.15, 0.2) is 0 Å². The summed E-state index contributed by atoms with van der Waals surface area (Å²) in [6, 6.07) is 0.333. The van der Waals surface area contributed by atoms with Crippen LogP contribution in [0.5, 0.6) is 0 Å². The Morgan fingerprint density at radius 1 is 1.47 bits per heavy atom. The Morgan fingerprint density at radius 3 is 2.95 bits per heavy atom. The van der Waals surface area contributed by atoms with Crippen LogP contribution in [0, 0.1) is 5.92 Å². The number of piperazine rings is 1. The molecule has 0 saturated carbocycles. The molecule has 1 N–H and O–H groups in total. The Labute approximate surface area is 114 Å². The second-order valence-electron chi connectivity index (χ2n) is 5.37. The maximum Gasteiger partial charge on any atom is 0.228 e. The zero-order valence-corrected chi connectivity index (χ0v) is 11.7. The number of hydrogen-bond donors (Lipinski definition) is 1. The van der Waals surface area contributed by atoms with Crippen LogP contribution in [0.3, 0.4) is 0 Å². The highest BCUT2D eigenvalue weighted by Crippen LogP contribution is 2.20. The summed E-state index contributed by atoms with van der Waals surface area (Å²) in [5.74, 6) is 0.0230. The Balaban J connectivity index is 1.88. The molecule has 0 aromatic rings. The van der Waals surface area contributed by atoms with Crippen molar-refractivity contribution in [2.45, 2.75) is 19.4 Å². The largest absolute Gasteiger partial charge is 0.383 e. The Kier molecular flexibility index (Phi) is 4.76. The van der Waals surface area contributed by atoms with Gasteiger partial charge in [0, 0.05) is 52.3 Å². The molecule has 2 atom stereocenters. The number of amides is 2. The van der Waals surface area contributed by atoms with Gasteiger partial charge in [-0.05, 0) is 6.92 Å². The van der Waals surface area contributed by atoms with Crippen molar-refractivity contribution >= 4 is 11.8 Å². The van der Waals surface area contributed by atoms with Crippen molar-refractivity contribution in [3.8, 4) is 0 Å². The summed E-state index contributed by atoms with van der Waals surface area (Å²) in [6.07, 6.45) is 0.348. The van der Waals surface area contributed by atoms with E-state index >= 15 is 0 Å². The molecule has 0 aromatic heterocycles. The summed E-state index contributed by atoms with van der Waals surface area (Å²) in [5, 5.41) is 3.32. The third kappa shape index (κ3) is 3.45. The van der Waals surface area contributed by atoms with E-state index in [0.717, 1.165) is 19.6 Å². The predicted octanol–water partition coefficient (Wildman–Crippen LogP) is -0.698. The molecule has 0 aliphatic carbocycles. The van der Waals surface area contributed by atoms with Crippen molar-refractivity contribution in [3.05, 3.63) is 0 Å². The molecule has 0 bridgehead atoms. The lowest BCUT2D eigenvalue weighted by atomic mass is 10.1. The average Bonchev–Trinajstić information content (AvgIpc) is 2.77. The maximum atomic E-state index is 12.4. The summed E-state index contributed by atoms with van der Waals surface area (Å²) < 4.78 is 4.98. The van der Waals surface area contributed by atoms with Crippen molar-refractivity contribution in [1.82, 2.24) is 15.1 Å². The number of hydrogen-bond acceptors (Lipinski definition) is 4. The standard InChI is InChI=1S/C13H23N3O3/c1-10-8-16(4-3-14-10)13(18)11-7-12(17)15(9-11)5-6-19-2/h10-11,14H,3-9H2,1-2H3. The molecule has 2 heterocycles. The van der Waals surface area contributed by atoms with Gasteiger partial charge in [-0.3, -0.25) is 9.59 Å². The van der Waals surface area contributed by atoms with Gasteiger partial charge in [-0.25, -0.2) is 0 Å². The van der Waals surface area contributed by atoms with Crippen LogP contribution in [0.2, 0.25) is 0 Å². The van der Waals surface area contributed by atoms with Crippen molar-refractivity contribution in [2.75, 3.05) is 46.4 Å². The van der Waals surface area contributed by atoms with E-state index < -0.39 is 0 Å². The molecule has 0 radical (unpaired) electrons. The molecule has 19 heavy (non-hydrogen) atoms. The minimum Gasteiger partial charge on any atom is -0.383 e. The first-order valence-electron chi connectivity index (χ1n) is 6.90. The number of methoxy groups -OCH3 is 1. The number of ether oxygens (including phenoxy) is 1. The van der Waals surface area contributed by atoms with Gasteiger partial charge in [-0.2, -0.15) is 0 Å². The van der Waals surface area contributed by atoms with Gasteiger partial charge in [0.05, 0.1) is 12.5 Å². The number of carbonyl (C=O) groups is 2. The fraction of sp³-hybridized carbons (Fsp3) is 0.846. The molecule has 0 aromatic carbocycles. The van der Waals surface area contributed by atoms with Gasteiger partial charge in [0.25, 0.3) is 0 Å². The molecule has 2 fully saturated rings. The lowest BCUT2D eigenvalue weighted by Gasteiger charge is -2.33. The quantitative estimate of drug-likeness (QED) is 0.733. The van der Waals surface area contributed by atoms with Crippen LogP contribution in [0.15, 0.2) is 0 Å². The Morgan fingerprint density at radius 2 is 2.26 bits per heavy atom. The van der Waals surface area contributed by atoms with Gasteiger partial charge in [-0.1, -0.05) is 0 Å². The smallest absolute Gasteiger partial charge is 0.228 e. The van der Waals surface area contributed by atoms with Crippen LogP contribution in [0.25, 0.3) is 0 Å². The molecular formula is C13H23N3O3. The highest BCUT2D eigenvalue weighted by molar-refractivity contribution is 5.89. The van der Waals surface area contributed by atoms with Gasteiger partial charge >= 0.3 is 0 Å². The average molecular weight is 269 g/mol. The lowest BCUT2D eigenvalue weighted by Crippen LogP contribution is -2.53. The summed E-state index contributed by atoms with van der Waals surface area (Å²) in [5.41, 5.74) is 0. The van der Waals surface area contributed by atoms with Gasteiger partial charge < -0.3 is 19.9 Å². The third-order valence-corrected chi connectivity index (χ3v) is 3.81. The highest BCUT2D eigenvalue weighted by Gasteiger charge is 2.36. The van der Waals surface area contributed by atoms with Crippen LogP contribution < -0.4 is 5.32 Å². The van der Waals surface area contributed by atoms with E-state index in [1.807, 2.05) is 4.90 Å². The molecule has 2 amide bonds. The normalized spacial score (nSPS) is 28.0. The zero-order chi connectivity index (χ0) is 13.8. The van der Waals surface area contributed by atoms with Crippen LogP contribution >= 0.6 is 0 Å². The number of nitrogens with zero attached hydrogens (tertiary/aromatic N) is 2. The zero-order valence-electron chi connectivity index (χ0n) is 11.7. The molecule has 2 rings (SSSR count). The molecule has 0 spiro atoms. The van der Waals surface area contributed by atoms with Crippen molar-refractivity contribution < 1.29 is 14.3 Å². The summed E-state index contributed by atoms with van der Waals surface area (Å²) >= 11 is 0. The van der Waals surface area contributed by atoms with E-state index in [4.69, 9.17) is 4.74 Å². The number of rotatable bonds is 4. The molecule has 108 valence electrons. The number of likely N-dealkylation sites (tertiary alicyclic amines) is 1. The van der Waals surface area contributed by atoms with Crippen molar-refractivity contribution in [1.29, 1.82) is 0 Å². The molecule has 6 heteroatoms. The van der Waals surface area contributed by atoms with Gasteiger partial charge in [-0.15, -0.1) is 0 Å². The Bertz CT molecular complexity index is 348. The summed E-state index contributed by atoms with van der Waals surface area (Å²) in [6.45, 7) is 6.03. The number of nitrogens with one attached hydrogen (secondary N) is 1. The van der Waals surface area contributed by atoms with E-state index in [0.29, 0.717) is 32.2 Å². The van der Waals surface area contributed by atoms with Crippen LogP contribution in [0.4, 0.5) is 0 Å². The maximum absolute atomic E-state index is 12.4. The van der Waals surface area contributed by atoms with Crippen LogP contribution in [-0.2, 0) is 14.3 Å². The SMILES string of the molecule is COCCN1CC(C(=O)N2CCNC(C)C2)CC1=O. The van der Waals surface area contributed by atoms with Gasteiger partial charge in [0.1, 0.15) is 0 Å². The lowest BCUT2D eigenvalue weighted by molar-refractivity contribution is -0.136. The molecule has 6 nitrogen and oxygen atoms in total. The van der Waals surface area contributed by atoms with Gasteiger partial charge in [0.2, 0.25) is 11.8 Å². The second kappa shape index (κ2) is 6.34. The van der Waals surface area contributed by atoms with Crippen molar-refractivity contribution in [3.63, 3.8) is 0 Å². The fourth-order valence-electron chi connectivity index (χ4n) is 2.75. The molecular weight excluding hydrogens is 246 g/mol. The highest BCUT2D eigenvalue weighted by atomic mass is 16.5. The van der Waals surface area contributed by atoms with Crippen LogP contribution in [0.1, 0.15) is 13.3 Å². The Hall–Kier alpha value is -1.14. The second-order valence-corrected chi connectivity index (χ2v) is 5.37. The molecule has 2 unspecified atom stereocenters. The fourth-order valence-corrected chi connectivity index (χ4v) is 2.75. The van der Waals surface area contributed by atoms with E-state index in [1.54, 1.807) is 12.0 Å². The summed E-state index contributed by atoms with van der Waals surface area (Å²) in [4.78, 5) is 27.8. The monoisotopic (exact) mass is 269 g/mol. The van der Waals surface area contributed by atoms with E-state index in [1.165, 1.54) is 0 Å². The molecule has 2 aliphatic heterocycles. The first-order chi connectivity index (χ1) is 9.11.